The van der Waals surface area contributed by atoms with Crippen molar-refractivity contribution in [3.63, 3.8) is 0 Å². The molecule has 2 nitrogen and oxygen atoms in total. The second kappa shape index (κ2) is 4.06. The van der Waals surface area contributed by atoms with E-state index in [1.54, 1.807) is 0 Å². The Balaban J connectivity index is 2.44. The number of anilines is 1. The zero-order valence-electron chi connectivity index (χ0n) is 9.50. The van der Waals surface area contributed by atoms with Crippen molar-refractivity contribution in [2.45, 2.75) is 37.0 Å². The SMILES string of the molecule is Cc1ccc(C)c2c1NC(C)C(CN)S2. The maximum atomic E-state index is 5.78. The van der Waals surface area contributed by atoms with Crippen LogP contribution in [0.2, 0.25) is 0 Å². The molecule has 0 aliphatic carbocycles. The molecule has 0 aromatic heterocycles. The molecule has 1 aliphatic rings. The summed E-state index contributed by atoms with van der Waals surface area (Å²) in [5.74, 6) is 0. The Labute approximate surface area is 95.6 Å². The molecule has 3 heteroatoms. The third-order valence-corrected chi connectivity index (χ3v) is 4.66. The number of thioether (sulfide) groups is 1. The van der Waals surface area contributed by atoms with E-state index in [9.17, 15) is 0 Å². The molecule has 0 amide bonds. The zero-order chi connectivity index (χ0) is 11.0. The van der Waals surface area contributed by atoms with Crippen LogP contribution in [0.1, 0.15) is 18.1 Å². The summed E-state index contributed by atoms with van der Waals surface area (Å²) in [6, 6.07) is 4.82. The van der Waals surface area contributed by atoms with Crippen molar-refractivity contribution in [2.75, 3.05) is 11.9 Å². The van der Waals surface area contributed by atoms with E-state index in [-0.39, 0.29) is 0 Å². The van der Waals surface area contributed by atoms with Gasteiger partial charge >= 0.3 is 0 Å². The van der Waals surface area contributed by atoms with Crippen LogP contribution in [-0.2, 0) is 0 Å². The number of nitrogens with two attached hydrogens (primary N) is 1. The second-order valence-electron chi connectivity index (χ2n) is 4.23. The molecule has 15 heavy (non-hydrogen) atoms. The van der Waals surface area contributed by atoms with E-state index in [2.05, 4.69) is 38.2 Å². The summed E-state index contributed by atoms with van der Waals surface area (Å²) in [6.45, 7) is 7.25. The third-order valence-electron chi connectivity index (χ3n) is 2.99. The molecule has 0 fully saturated rings. The van der Waals surface area contributed by atoms with Gasteiger partial charge in [-0.1, -0.05) is 12.1 Å². The van der Waals surface area contributed by atoms with Gasteiger partial charge in [0.05, 0.1) is 5.69 Å². The zero-order valence-corrected chi connectivity index (χ0v) is 10.3. The minimum absolute atomic E-state index is 0.452. The summed E-state index contributed by atoms with van der Waals surface area (Å²) in [5, 5.41) is 4.05. The number of aryl methyl sites for hydroxylation is 2. The van der Waals surface area contributed by atoms with Crippen LogP contribution in [0, 0.1) is 13.8 Å². The van der Waals surface area contributed by atoms with Crippen LogP contribution >= 0.6 is 11.8 Å². The van der Waals surface area contributed by atoms with Gasteiger partial charge in [-0.05, 0) is 31.9 Å². The second-order valence-corrected chi connectivity index (χ2v) is 5.48. The molecule has 1 heterocycles. The summed E-state index contributed by atoms with van der Waals surface area (Å²) < 4.78 is 0. The maximum Gasteiger partial charge on any atom is 0.0513 e. The number of fused-ring (bicyclic) bond motifs is 1. The van der Waals surface area contributed by atoms with E-state index >= 15 is 0 Å². The lowest BCUT2D eigenvalue weighted by Gasteiger charge is -2.33. The minimum atomic E-state index is 0.452. The van der Waals surface area contributed by atoms with Crippen molar-refractivity contribution >= 4 is 17.4 Å². The molecule has 0 radical (unpaired) electrons. The quantitative estimate of drug-likeness (QED) is 0.767. The number of hydrogen-bond acceptors (Lipinski definition) is 3. The van der Waals surface area contributed by atoms with Crippen LogP contribution in [0.3, 0.4) is 0 Å². The summed E-state index contributed by atoms with van der Waals surface area (Å²) >= 11 is 1.92. The highest BCUT2D eigenvalue weighted by Crippen LogP contribution is 2.41. The van der Waals surface area contributed by atoms with Gasteiger partial charge in [-0.3, -0.25) is 0 Å². The predicted molar refractivity (Wildman–Crippen MR) is 67.7 cm³/mol. The van der Waals surface area contributed by atoms with E-state index in [0.717, 1.165) is 6.54 Å². The Kier molecular flexibility index (Phi) is 2.94. The van der Waals surface area contributed by atoms with Gasteiger partial charge in [0.2, 0.25) is 0 Å². The molecular weight excluding hydrogens is 204 g/mol. The number of rotatable bonds is 1. The fourth-order valence-electron chi connectivity index (χ4n) is 1.94. The van der Waals surface area contributed by atoms with Gasteiger partial charge in [0.1, 0.15) is 0 Å². The monoisotopic (exact) mass is 222 g/mol. The first-order chi connectivity index (χ1) is 7.13. The first-order valence-electron chi connectivity index (χ1n) is 5.37. The van der Waals surface area contributed by atoms with Crippen molar-refractivity contribution < 1.29 is 0 Å². The van der Waals surface area contributed by atoms with E-state index in [1.807, 2.05) is 11.8 Å². The Morgan fingerprint density at radius 2 is 2.00 bits per heavy atom. The predicted octanol–water partition coefficient (Wildman–Crippen LogP) is 2.54. The molecule has 82 valence electrons. The van der Waals surface area contributed by atoms with Crippen molar-refractivity contribution in [3.05, 3.63) is 23.3 Å². The Morgan fingerprint density at radius 3 is 2.67 bits per heavy atom. The summed E-state index contributed by atoms with van der Waals surface area (Å²) in [6.07, 6.45) is 0. The van der Waals surface area contributed by atoms with Gasteiger partial charge in [-0.15, -0.1) is 11.8 Å². The van der Waals surface area contributed by atoms with Crippen LogP contribution in [0.5, 0.6) is 0 Å². The molecule has 1 aliphatic heterocycles. The van der Waals surface area contributed by atoms with Crippen molar-refractivity contribution in [3.8, 4) is 0 Å². The van der Waals surface area contributed by atoms with Crippen LogP contribution in [0.25, 0.3) is 0 Å². The van der Waals surface area contributed by atoms with Gasteiger partial charge < -0.3 is 11.1 Å². The number of nitrogens with one attached hydrogen (secondary N) is 1. The molecule has 3 N–H and O–H groups in total. The van der Waals surface area contributed by atoms with Crippen molar-refractivity contribution in [1.82, 2.24) is 0 Å². The highest BCUT2D eigenvalue weighted by atomic mass is 32.2. The third kappa shape index (κ3) is 1.86. The smallest absolute Gasteiger partial charge is 0.0513 e. The Morgan fingerprint density at radius 1 is 1.33 bits per heavy atom. The molecule has 0 saturated heterocycles. The molecule has 0 saturated carbocycles. The standard InChI is InChI=1S/C12H18N2S/c1-7-4-5-8(2)12-11(7)14-9(3)10(6-13)15-12/h4-5,9-10,14H,6,13H2,1-3H3. The van der Waals surface area contributed by atoms with Crippen molar-refractivity contribution in [2.24, 2.45) is 5.73 Å². The Bertz CT molecular complexity index is 376. The highest BCUT2D eigenvalue weighted by molar-refractivity contribution is 8.00. The van der Waals surface area contributed by atoms with E-state index in [1.165, 1.54) is 21.7 Å². The van der Waals surface area contributed by atoms with Gasteiger partial charge in [0, 0.05) is 22.7 Å². The topological polar surface area (TPSA) is 38.0 Å². The van der Waals surface area contributed by atoms with Crippen LogP contribution in [0.15, 0.2) is 17.0 Å². The lowest BCUT2D eigenvalue weighted by Crippen LogP contribution is -2.37. The van der Waals surface area contributed by atoms with E-state index in [4.69, 9.17) is 5.73 Å². The van der Waals surface area contributed by atoms with Gasteiger partial charge in [0.15, 0.2) is 0 Å². The van der Waals surface area contributed by atoms with Gasteiger partial charge in [-0.25, -0.2) is 0 Å². The Hall–Kier alpha value is -0.670. The van der Waals surface area contributed by atoms with E-state index in [0.29, 0.717) is 11.3 Å². The van der Waals surface area contributed by atoms with Gasteiger partial charge in [0.25, 0.3) is 0 Å². The lowest BCUT2D eigenvalue weighted by atomic mass is 10.1. The first kappa shape index (κ1) is 10.8. The summed E-state index contributed by atoms with van der Waals surface area (Å²) in [5.41, 5.74) is 9.75. The average molecular weight is 222 g/mol. The molecule has 2 unspecified atom stereocenters. The summed E-state index contributed by atoms with van der Waals surface area (Å²) in [7, 11) is 0. The molecule has 1 aromatic carbocycles. The van der Waals surface area contributed by atoms with Crippen LogP contribution in [-0.4, -0.2) is 17.8 Å². The summed E-state index contributed by atoms with van der Waals surface area (Å²) in [4.78, 5) is 1.38. The van der Waals surface area contributed by atoms with Crippen LogP contribution in [0.4, 0.5) is 5.69 Å². The number of hydrogen-bond donors (Lipinski definition) is 2. The molecule has 0 bridgehead atoms. The fourth-order valence-corrected chi connectivity index (χ4v) is 3.21. The van der Waals surface area contributed by atoms with E-state index < -0.39 is 0 Å². The highest BCUT2D eigenvalue weighted by Gasteiger charge is 2.26. The first-order valence-corrected chi connectivity index (χ1v) is 6.25. The molecule has 2 atom stereocenters. The molecular formula is C12H18N2S. The maximum absolute atomic E-state index is 5.78. The molecule has 2 rings (SSSR count). The normalized spacial score (nSPS) is 24.5. The molecule has 0 spiro atoms. The fraction of sp³-hybridized carbons (Fsp3) is 0.500. The average Bonchev–Trinajstić information content (AvgIpc) is 2.23. The van der Waals surface area contributed by atoms with Crippen molar-refractivity contribution in [1.29, 1.82) is 0 Å². The largest absolute Gasteiger partial charge is 0.380 e. The van der Waals surface area contributed by atoms with Gasteiger partial charge in [-0.2, -0.15) is 0 Å². The minimum Gasteiger partial charge on any atom is -0.380 e. The molecule has 1 aromatic rings. The lowest BCUT2D eigenvalue weighted by molar-refractivity contribution is 0.721. The number of benzene rings is 1. The van der Waals surface area contributed by atoms with Crippen LogP contribution < -0.4 is 11.1 Å².